The number of rotatable bonds is 6. The van der Waals surface area contributed by atoms with Crippen LogP contribution in [0.1, 0.15) is 28.3 Å². The van der Waals surface area contributed by atoms with Crippen LogP contribution in [-0.2, 0) is 14.4 Å². The second-order valence-corrected chi connectivity index (χ2v) is 14.8. The number of imide groups is 1. The number of ether oxygens (including phenoxy) is 1. The molecule has 8 nitrogen and oxygen atoms in total. The fourth-order valence-corrected chi connectivity index (χ4v) is 11.1. The zero-order valence-corrected chi connectivity index (χ0v) is 26.5. The van der Waals surface area contributed by atoms with Crippen LogP contribution in [0.5, 0.6) is 5.75 Å². The van der Waals surface area contributed by atoms with Gasteiger partial charge in [0, 0.05) is 26.8 Å². The molecule has 3 aromatic carbocycles. The molecule has 3 fully saturated rings. The fraction of sp³-hybridized carbons (Fsp3) is 0.294. The van der Waals surface area contributed by atoms with Gasteiger partial charge in [-0.05, 0) is 84.7 Å². The molecule has 7 atom stereocenters. The zero-order valence-electron chi connectivity index (χ0n) is 24.1. The molecule has 0 spiro atoms. The molecule has 1 aromatic heterocycles. The van der Waals surface area contributed by atoms with Crippen LogP contribution in [0, 0.1) is 36.5 Å². The first-order valence-electron chi connectivity index (χ1n) is 14.9. The number of H-pyrrole nitrogens is 1. The van der Waals surface area contributed by atoms with Gasteiger partial charge in [-0.1, -0.05) is 53.3 Å². The maximum Gasteiger partial charge on any atom is 0.305 e. The molecule has 2 saturated carbocycles. The Balaban J connectivity index is 1.09. The molecule has 45 heavy (non-hydrogen) atoms. The number of carbonyl (C=O) groups excluding carboxylic acids is 3. The summed E-state index contributed by atoms with van der Waals surface area (Å²) in [5.74, 6) is -0.850. The second kappa shape index (κ2) is 10.9. The minimum absolute atomic E-state index is 0.00827. The maximum atomic E-state index is 13.9. The number of thioether (sulfide) groups is 1. The summed E-state index contributed by atoms with van der Waals surface area (Å²) in [6.07, 6.45) is 0.800. The predicted molar refractivity (Wildman–Crippen MR) is 174 cm³/mol. The molecule has 228 valence electrons. The van der Waals surface area contributed by atoms with Gasteiger partial charge in [0.25, 0.3) is 5.91 Å². The standard InChI is InChI=1S/C34H28ClN3O5S2/c1-16-5-2-3-8-23(16)36-24(39)15-43-20-7-4-6-17(13-20)25-26-21-14-22(29(26)44-31-30(25)45-34(42)37-31)28-27(21)32(40)38(33(28)41)19-11-9-18(35)10-12-19/h2-13,21-22,25-29H,14-15H2,1H3,(H,36,39)(H,37,42)/t21-,22-,25+,26-,27+,28+,29-/m1/s1. The SMILES string of the molecule is Cc1ccccc1NC(=O)COc1cccc([C@@H]2c3sc(=O)[nH]c3S[C@@H]3[C@@H]4C[C@@H]([C@@H]5C(=O)N(c6ccc(Cl)cc6)C(=O)[C@@H]45)[C@H]23)c1. The number of nitrogens with one attached hydrogen (secondary N) is 2. The maximum absolute atomic E-state index is 13.9. The summed E-state index contributed by atoms with van der Waals surface area (Å²) in [5.41, 5.74) is 3.22. The molecule has 2 N–H and O–H groups in total. The van der Waals surface area contributed by atoms with Crippen LogP contribution in [-0.4, -0.2) is 34.6 Å². The van der Waals surface area contributed by atoms with E-state index in [-0.39, 0.29) is 64.0 Å². The van der Waals surface area contributed by atoms with Crippen LogP contribution in [0.25, 0.3) is 0 Å². The summed E-state index contributed by atoms with van der Waals surface area (Å²) in [6.45, 7) is 1.78. The quantitative estimate of drug-likeness (QED) is 0.243. The Hall–Kier alpha value is -3.86. The molecule has 2 bridgehead atoms. The van der Waals surface area contributed by atoms with Crippen molar-refractivity contribution in [2.75, 3.05) is 16.8 Å². The van der Waals surface area contributed by atoms with E-state index in [4.69, 9.17) is 16.3 Å². The molecule has 2 aliphatic carbocycles. The number of amides is 3. The minimum Gasteiger partial charge on any atom is -0.484 e. The first-order valence-corrected chi connectivity index (χ1v) is 17.0. The molecule has 4 aliphatic rings. The fourth-order valence-electron chi connectivity index (χ4n) is 8.08. The molecule has 2 aliphatic heterocycles. The number of aromatic amines is 1. The molecule has 8 rings (SSSR count). The Morgan fingerprint density at radius 2 is 1.76 bits per heavy atom. The third kappa shape index (κ3) is 4.64. The molecule has 0 radical (unpaired) electrons. The Morgan fingerprint density at radius 3 is 2.53 bits per heavy atom. The third-order valence-corrected chi connectivity index (χ3v) is 12.7. The predicted octanol–water partition coefficient (Wildman–Crippen LogP) is 6.09. The summed E-state index contributed by atoms with van der Waals surface area (Å²) in [7, 11) is 0. The highest BCUT2D eigenvalue weighted by Gasteiger charge is 2.69. The average molecular weight is 658 g/mol. The van der Waals surface area contributed by atoms with E-state index in [0.29, 0.717) is 16.5 Å². The van der Waals surface area contributed by atoms with Gasteiger partial charge in [0.1, 0.15) is 5.75 Å². The molecule has 1 saturated heterocycles. The van der Waals surface area contributed by atoms with Crippen molar-refractivity contribution < 1.29 is 19.1 Å². The second-order valence-electron chi connectivity index (χ2n) is 12.2. The van der Waals surface area contributed by atoms with Crippen molar-refractivity contribution in [3.05, 3.63) is 103 Å². The molecule has 0 unspecified atom stereocenters. The van der Waals surface area contributed by atoms with Gasteiger partial charge in [0.05, 0.1) is 22.5 Å². The lowest BCUT2D eigenvalue weighted by Gasteiger charge is -2.43. The number of aryl methyl sites for hydroxylation is 1. The van der Waals surface area contributed by atoms with Crippen molar-refractivity contribution >= 4 is 63.8 Å². The van der Waals surface area contributed by atoms with Gasteiger partial charge >= 0.3 is 4.87 Å². The van der Waals surface area contributed by atoms with E-state index in [9.17, 15) is 19.2 Å². The van der Waals surface area contributed by atoms with Crippen molar-refractivity contribution in [2.45, 2.75) is 29.5 Å². The number of anilines is 2. The summed E-state index contributed by atoms with van der Waals surface area (Å²) >= 11 is 8.95. The van der Waals surface area contributed by atoms with Gasteiger partial charge < -0.3 is 15.0 Å². The van der Waals surface area contributed by atoms with Crippen LogP contribution in [0.15, 0.2) is 82.6 Å². The van der Waals surface area contributed by atoms with Crippen molar-refractivity contribution in [1.82, 2.24) is 4.98 Å². The Morgan fingerprint density at radius 1 is 1.00 bits per heavy atom. The number of hydrogen-bond donors (Lipinski definition) is 2. The van der Waals surface area contributed by atoms with Crippen LogP contribution < -0.4 is 19.8 Å². The molecule has 11 heteroatoms. The van der Waals surface area contributed by atoms with E-state index >= 15 is 0 Å². The molecular formula is C34H28ClN3O5S2. The van der Waals surface area contributed by atoms with Crippen molar-refractivity contribution in [3.8, 4) is 5.75 Å². The first kappa shape index (κ1) is 28.6. The smallest absolute Gasteiger partial charge is 0.305 e. The highest BCUT2D eigenvalue weighted by atomic mass is 35.5. The Bertz CT molecular complexity index is 1920. The third-order valence-electron chi connectivity index (χ3n) is 9.82. The number of nitrogens with zero attached hydrogens (tertiary/aromatic N) is 1. The number of aromatic nitrogens is 1. The van der Waals surface area contributed by atoms with E-state index in [1.807, 2.05) is 55.5 Å². The molecular weight excluding hydrogens is 630 g/mol. The normalized spacial score (nSPS) is 27.7. The van der Waals surface area contributed by atoms with Crippen molar-refractivity contribution in [2.24, 2.45) is 29.6 Å². The number of thiazole rings is 1. The lowest BCUT2D eigenvalue weighted by molar-refractivity contribution is -0.123. The number of benzene rings is 3. The monoisotopic (exact) mass is 657 g/mol. The summed E-state index contributed by atoms with van der Waals surface area (Å²) in [4.78, 5) is 58.3. The van der Waals surface area contributed by atoms with Gasteiger partial charge in [0.2, 0.25) is 11.8 Å². The lowest BCUT2D eigenvalue weighted by atomic mass is 9.68. The number of carbonyl (C=O) groups is 3. The Kier molecular flexibility index (Phi) is 6.92. The average Bonchev–Trinajstić information content (AvgIpc) is 3.77. The van der Waals surface area contributed by atoms with Gasteiger partial charge in [-0.15, -0.1) is 11.8 Å². The summed E-state index contributed by atoms with van der Waals surface area (Å²) < 4.78 is 5.95. The number of fused-ring (bicyclic) bond motifs is 9. The minimum atomic E-state index is -0.399. The van der Waals surface area contributed by atoms with Crippen LogP contribution in [0.4, 0.5) is 11.4 Å². The summed E-state index contributed by atoms with van der Waals surface area (Å²) in [5, 5.41) is 4.36. The van der Waals surface area contributed by atoms with E-state index < -0.39 is 5.92 Å². The van der Waals surface area contributed by atoms with Gasteiger partial charge in [-0.25, -0.2) is 0 Å². The van der Waals surface area contributed by atoms with Crippen LogP contribution >= 0.6 is 34.7 Å². The molecule has 3 heterocycles. The lowest BCUT2D eigenvalue weighted by Crippen LogP contribution is -2.42. The van der Waals surface area contributed by atoms with Gasteiger partial charge in [-0.3, -0.25) is 24.1 Å². The number of hydrogen-bond acceptors (Lipinski definition) is 7. The van der Waals surface area contributed by atoms with E-state index in [1.165, 1.54) is 16.2 Å². The highest BCUT2D eigenvalue weighted by Crippen LogP contribution is 2.68. The van der Waals surface area contributed by atoms with Crippen molar-refractivity contribution in [1.29, 1.82) is 0 Å². The first-order chi connectivity index (χ1) is 21.8. The molecule has 4 aromatic rings. The highest BCUT2D eigenvalue weighted by molar-refractivity contribution is 8.00. The van der Waals surface area contributed by atoms with E-state index in [0.717, 1.165) is 33.1 Å². The number of halogens is 1. The molecule has 3 amide bonds. The van der Waals surface area contributed by atoms with Crippen LogP contribution in [0.2, 0.25) is 5.02 Å². The number of para-hydroxylation sites is 1. The topological polar surface area (TPSA) is 109 Å². The van der Waals surface area contributed by atoms with E-state index in [1.54, 1.807) is 36.0 Å². The van der Waals surface area contributed by atoms with Crippen LogP contribution in [0.3, 0.4) is 0 Å². The van der Waals surface area contributed by atoms with Crippen molar-refractivity contribution in [3.63, 3.8) is 0 Å². The van der Waals surface area contributed by atoms with Gasteiger partial charge in [-0.2, -0.15) is 0 Å². The zero-order chi connectivity index (χ0) is 31.0. The van der Waals surface area contributed by atoms with E-state index in [2.05, 4.69) is 10.3 Å². The Labute approximate surface area is 272 Å². The van der Waals surface area contributed by atoms with Gasteiger partial charge in [0.15, 0.2) is 6.61 Å². The summed E-state index contributed by atoms with van der Waals surface area (Å²) in [6, 6.07) is 22.1. The largest absolute Gasteiger partial charge is 0.484 e.